The predicted molar refractivity (Wildman–Crippen MR) is 87.3 cm³/mol. The Balaban J connectivity index is 1.93. The van der Waals surface area contributed by atoms with Gasteiger partial charge in [-0.25, -0.2) is 0 Å². The maximum absolute atomic E-state index is 12.4. The lowest BCUT2D eigenvalue weighted by atomic mass is 9.99. The Hall–Kier alpha value is -1.35. The number of nitrogens with one attached hydrogen (secondary N) is 1. The van der Waals surface area contributed by atoms with E-state index < -0.39 is 0 Å². The van der Waals surface area contributed by atoms with Crippen LogP contribution in [0.3, 0.4) is 0 Å². The third-order valence-corrected chi connectivity index (χ3v) is 4.76. The number of nitrogens with zero attached hydrogens (tertiary/aromatic N) is 1. The van der Waals surface area contributed by atoms with Crippen LogP contribution in [0.5, 0.6) is 0 Å². The van der Waals surface area contributed by atoms with Crippen LogP contribution >= 0.6 is 0 Å². The number of hydrogen-bond donors (Lipinski definition) is 1. The van der Waals surface area contributed by atoms with Crippen molar-refractivity contribution in [3.8, 4) is 0 Å². The SMILES string of the molecule is CCC(C)(C)NC(=O)C(C)N1CCC(c2ccccc2)C1. The molecule has 1 aliphatic heterocycles. The molecule has 1 fully saturated rings. The van der Waals surface area contributed by atoms with Crippen molar-refractivity contribution in [1.82, 2.24) is 10.2 Å². The second-order valence-corrected chi connectivity index (χ2v) is 6.79. The average Bonchev–Trinajstić information content (AvgIpc) is 2.96. The van der Waals surface area contributed by atoms with Gasteiger partial charge >= 0.3 is 0 Å². The first-order chi connectivity index (χ1) is 9.93. The third kappa shape index (κ3) is 4.07. The molecule has 1 heterocycles. The molecule has 3 nitrogen and oxygen atoms in total. The van der Waals surface area contributed by atoms with Gasteiger partial charge in [0, 0.05) is 12.1 Å². The monoisotopic (exact) mass is 288 g/mol. The zero-order chi connectivity index (χ0) is 15.5. The van der Waals surface area contributed by atoms with Crippen LogP contribution in [-0.2, 0) is 4.79 Å². The van der Waals surface area contributed by atoms with Crippen LogP contribution in [0.4, 0.5) is 0 Å². The number of hydrogen-bond acceptors (Lipinski definition) is 2. The molecule has 3 heteroatoms. The van der Waals surface area contributed by atoms with Crippen molar-refractivity contribution in [1.29, 1.82) is 0 Å². The molecule has 1 aromatic carbocycles. The zero-order valence-electron chi connectivity index (χ0n) is 13.7. The fourth-order valence-electron chi connectivity index (χ4n) is 2.83. The van der Waals surface area contributed by atoms with Gasteiger partial charge in [0.1, 0.15) is 0 Å². The van der Waals surface area contributed by atoms with E-state index in [0.29, 0.717) is 5.92 Å². The van der Waals surface area contributed by atoms with E-state index in [2.05, 4.69) is 61.3 Å². The van der Waals surface area contributed by atoms with Crippen molar-refractivity contribution < 1.29 is 4.79 Å². The van der Waals surface area contributed by atoms with Crippen molar-refractivity contribution in [2.75, 3.05) is 13.1 Å². The smallest absolute Gasteiger partial charge is 0.237 e. The minimum atomic E-state index is -0.121. The zero-order valence-corrected chi connectivity index (χ0v) is 13.7. The summed E-state index contributed by atoms with van der Waals surface area (Å²) in [6.07, 6.45) is 2.08. The first-order valence-corrected chi connectivity index (χ1v) is 8.04. The second kappa shape index (κ2) is 6.61. The Morgan fingerprint density at radius 1 is 1.38 bits per heavy atom. The molecular weight excluding hydrogens is 260 g/mol. The Morgan fingerprint density at radius 3 is 2.67 bits per heavy atom. The molecule has 1 aromatic rings. The molecule has 0 saturated carbocycles. The van der Waals surface area contributed by atoms with Crippen LogP contribution in [0, 0.1) is 0 Å². The van der Waals surface area contributed by atoms with E-state index in [1.165, 1.54) is 5.56 Å². The average molecular weight is 288 g/mol. The summed E-state index contributed by atoms with van der Waals surface area (Å²) >= 11 is 0. The van der Waals surface area contributed by atoms with Gasteiger partial charge in [0.05, 0.1) is 6.04 Å². The normalized spacial score (nSPS) is 21.2. The van der Waals surface area contributed by atoms with Crippen LogP contribution in [0.1, 0.15) is 52.0 Å². The maximum atomic E-state index is 12.4. The highest BCUT2D eigenvalue weighted by molar-refractivity contribution is 5.82. The van der Waals surface area contributed by atoms with E-state index in [4.69, 9.17) is 0 Å². The van der Waals surface area contributed by atoms with Crippen molar-refractivity contribution in [2.24, 2.45) is 0 Å². The molecule has 21 heavy (non-hydrogen) atoms. The molecule has 1 amide bonds. The molecule has 0 spiro atoms. The van der Waals surface area contributed by atoms with Gasteiger partial charge in [-0.1, -0.05) is 37.3 Å². The summed E-state index contributed by atoms with van der Waals surface area (Å²) in [7, 11) is 0. The Bertz CT molecular complexity index is 469. The van der Waals surface area contributed by atoms with Crippen molar-refractivity contribution in [2.45, 2.75) is 58.0 Å². The first kappa shape index (κ1) is 16.0. The lowest BCUT2D eigenvalue weighted by Crippen LogP contribution is -2.51. The van der Waals surface area contributed by atoms with E-state index in [9.17, 15) is 4.79 Å². The van der Waals surface area contributed by atoms with Gasteiger partial charge in [-0.3, -0.25) is 9.69 Å². The molecule has 0 radical (unpaired) electrons. The number of carbonyl (C=O) groups excluding carboxylic acids is 1. The molecule has 2 rings (SSSR count). The fourth-order valence-corrected chi connectivity index (χ4v) is 2.83. The lowest BCUT2D eigenvalue weighted by molar-refractivity contribution is -0.127. The highest BCUT2D eigenvalue weighted by Crippen LogP contribution is 2.28. The quantitative estimate of drug-likeness (QED) is 0.902. The Kier molecular flexibility index (Phi) is 5.04. The number of amides is 1. The topological polar surface area (TPSA) is 32.3 Å². The molecular formula is C18H28N2O. The molecule has 0 aromatic heterocycles. The van der Waals surface area contributed by atoms with Gasteiger partial charge in [0.15, 0.2) is 0 Å². The molecule has 0 bridgehead atoms. The number of likely N-dealkylation sites (tertiary alicyclic amines) is 1. The maximum Gasteiger partial charge on any atom is 0.237 e. The summed E-state index contributed by atoms with van der Waals surface area (Å²) in [5, 5.41) is 3.16. The Labute approximate surface area is 128 Å². The van der Waals surface area contributed by atoms with E-state index in [0.717, 1.165) is 25.9 Å². The largest absolute Gasteiger partial charge is 0.350 e. The third-order valence-electron chi connectivity index (χ3n) is 4.76. The van der Waals surface area contributed by atoms with Crippen LogP contribution in [0.25, 0.3) is 0 Å². The van der Waals surface area contributed by atoms with Crippen molar-refractivity contribution >= 4 is 5.91 Å². The van der Waals surface area contributed by atoms with Gasteiger partial charge in [-0.05, 0) is 51.6 Å². The second-order valence-electron chi connectivity index (χ2n) is 6.79. The summed E-state index contributed by atoms with van der Waals surface area (Å²) in [6.45, 7) is 10.3. The number of benzene rings is 1. The molecule has 1 aliphatic rings. The molecule has 1 N–H and O–H groups in total. The molecule has 2 unspecified atom stereocenters. The number of rotatable bonds is 5. The minimum Gasteiger partial charge on any atom is -0.350 e. The van der Waals surface area contributed by atoms with Gasteiger partial charge in [-0.2, -0.15) is 0 Å². The summed E-state index contributed by atoms with van der Waals surface area (Å²) in [5.74, 6) is 0.705. The molecule has 116 valence electrons. The van der Waals surface area contributed by atoms with Crippen LogP contribution in [0.2, 0.25) is 0 Å². The van der Waals surface area contributed by atoms with Crippen LogP contribution < -0.4 is 5.32 Å². The van der Waals surface area contributed by atoms with Gasteiger partial charge in [0.25, 0.3) is 0 Å². The van der Waals surface area contributed by atoms with Gasteiger partial charge in [0.2, 0.25) is 5.91 Å². The molecule has 0 aliphatic carbocycles. The van der Waals surface area contributed by atoms with Gasteiger partial charge in [-0.15, -0.1) is 0 Å². The standard InChI is InChI=1S/C18H28N2O/c1-5-18(3,4)19-17(21)14(2)20-12-11-16(13-20)15-9-7-6-8-10-15/h6-10,14,16H,5,11-13H2,1-4H3,(H,19,21). The van der Waals surface area contributed by atoms with E-state index in [-0.39, 0.29) is 17.5 Å². The molecule has 1 saturated heterocycles. The highest BCUT2D eigenvalue weighted by Gasteiger charge is 2.31. The van der Waals surface area contributed by atoms with E-state index in [1.54, 1.807) is 0 Å². The Morgan fingerprint density at radius 2 is 2.05 bits per heavy atom. The van der Waals surface area contributed by atoms with Crippen molar-refractivity contribution in [3.05, 3.63) is 35.9 Å². The van der Waals surface area contributed by atoms with Crippen LogP contribution in [-0.4, -0.2) is 35.5 Å². The van der Waals surface area contributed by atoms with Crippen molar-refractivity contribution in [3.63, 3.8) is 0 Å². The van der Waals surface area contributed by atoms with E-state index in [1.807, 2.05) is 6.92 Å². The first-order valence-electron chi connectivity index (χ1n) is 8.04. The van der Waals surface area contributed by atoms with Gasteiger partial charge < -0.3 is 5.32 Å². The van der Waals surface area contributed by atoms with E-state index >= 15 is 0 Å². The predicted octanol–water partition coefficient (Wildman–Crippen LogP) is 3.17. The lowest BCUT2D eigenvalue weighted by Gasteiger charge is -2.30. The number of carbonyl (C=O) groups is 1. The molecule has 2 atom stereocenters. The highest BCUT2D eigenvalue weighted by atomic mass is 16.2. The summed E-state index contributed by atoms with van der Waals surface area (Å²) in [6, 6.07) is 10.6. The summed E-state index contributed by atoms with van der Waals surface area (Å²) < 4.78 is 0. The summed E-state index contributed by atoms with van der Waals surface area (Å²) in [4.78, 5) is 14.7. The summed E-state index contributed by atoms with van der Waals surface area (Å²) in [5.41, 5.74) is 1.27. The van der Waals surface area contributed by atoms with Crippen LogP contribution in [0.15, 0.2) is 30.3 Å². The minimum absolute atomic E-state index is 0.0514. The fraction of sp³-hybridized carbons (Fsp3) is 0.611.